The Kier molecular flexibility index (Phi) is 4.42. The number of carbonyl (C=O) groups is 2. The maximum Gasteiger partial charge on any atom is 0.303 e. The highest BCUT2D eigenvalue weighted by atomic mass is 16.4. The molecule has 1 N–H and O–H groups in total. The number of hydrogen-bond donors (Lipinski definition) is 1. The molecule has 2 aromatic carbocycles. The lowest BCUT2D eigenvalue weighted by Gasteiger charge is -2.38. The number of fused-ring (bicyclic) bond motifs is 1. The smallest absolute Gasteiger partial charge is 0.303 e. The Hall–Kier alpha value is -2.62. The summed E-state index contributed by atoms with van der Waals surface area (Å²) in [4.78, 5) is 25.1. The van der Waals surface area contributed by atoms with Crippen molar-refractivity contribution >= 4 is 11.9 Å². The lowest BCUT2D eigenvalue weighted by Crippen LogP contribution is -2.40. The average Bonchev–Trinajstić information content (AvgIpc) is 2.59. The van der Waals surface area contributed by atoms with Crippen LogP contribution in [0.1, 0.15) is 35.6 Å². The van der Waals surface area contributed by atoms with E-state index in [9.17, 15) is 9.59 Å². The van der Waals surface area contributed by atoms with Crippen LogP contribution in [-0.2, 0) is 16.0 Å². The highest BCUT2D eigenvalue weighted by Crippen LogP contribution is 2.35. The number of amides is 1. The Morgan fingerprint density at radius 2 is 1.70 bits per heavy atom. The molecule has 4 nitrogen and oxygen atoms in total. The monoisotopic (exact) mass is 309 g/mol. The summed E-state index contributed by atoms with van der Waals surface area (Å²) in [5, 5.41) is 8.83. The van der Waals surface area contributed by atoms with E-state index in [0.29, 0.717) is 6.54 Å². The van der Waals surface area contributed by atoms with Crippen LogP contribution in [0.25, 0.3) is 0 Å². The first kappa shape index (κ1) is 15.3. The first-order chi connectivity index (χ1) is 11.2. The van der Waals surface area contributed by atoms with Crippen LogP contribution in [0.3, 0.4) is 0 Å². The van der Waals surface area contributed by atoms with E-state index in [1.807, 2.05) is 47.4 Å². The molecule has 3 rings (SSSR count). The molecule has 0 spiro atoms. The van der Waals surface area contributed by atoms with Gasteiger partial charge in [0, 0.05) is 13.0 Å². The number of rotatable bonds is 4. The summed E-state index contributed by atoms with van der Waals surface area (Å²) in [6.45, 7) is 0.620. The van der Waals surface area contributed by atoms with Crippen LogP contribution in [0, 0.1) is 0 Å². The molecule has 1 aliphatic rings. The van der Waals surface area contributed by atoms with Crippen molar-refractivity contribution in [3.63, 3.8) is 0 Å². The van der Waals surface area contributed by atoms with Crippen LogP contribution in [0.2, 0.25) is 0 Å². The molecule has 1 unspecified atom stereocenters. The first-order valence-electron chi connectivity index (χ1n) is 7.81. The zero-order valence-electron chi connectivity index (χ0n) is 12.8. The summed E-state index contributed by atoms with van der Waals surface area (Å²) in [5.74, 6) is -1.04. The molecule has 1 aliphatic heterocycles. The van der Waals surface area contributed by atoms with Gasteiger partial charge in [-0.1, -0.05) is 54.6 Å². The van der Waals surface area contributed by atoms with Crippen LogP contribution < -0.4 is 0 Å². The van der Waals surface area contributed by atoms with Gasteiger partial charge in [0.1, 0.15) is 0 Å². The number of carboxylic acid groups (broad SMARTS) is 1. The van der Waals surface area contributed by atoms with Crippen LogP contribution in [-0.4, -0.2) is 28.4 Å². The maximum absolute atomic E-state index is 12.6. The van der Waals surface area contributed by atoms with E-state index < -0.39 is 5.97 Å². The fourth-order valence-electron chi connectivity index (χ4n) is 3.19. The van der Waals surface area contributed by atoms with Crippen molar-refractivity contribution in [3.05, 3.63) is 71.3 Å². The van der Waals surface area contributed by atoms with Gasteiger partial charge in [-0.2, -0.15) is 0 Å². The molecule has 1 amide bonds. The Morgan fingerprint density at radius 3 is 2.43 bits per heavy atom. The van der Waals surface area contributed by atoms with Crippen LogP contribution in [0.4, 0.5) is 0 Å². The minimum absolute atomic E-state index is 0.0425. The van der Waals surface area contributed by atoms with Gasteiger partial charge in [0.2, 0.25) is 5.91 Å². The molecule has 1 atom stereocenters. The van der Waals surface area contributed by atoms with Gasteiger partial charge < -0.3 is 10.0 Å². The Bertz CT molecular complexity index is 712. The molecular weight excluding hydrogens is 290 g/mol. The summed E-state index contributed by atoms with van der Waals surface area (Å²) < 4.78 is 0. The Balaban J connectivity index is 1.96. The lowest BCUT2D eigenvalue weighted by molar-refractivity contribution is -0.141. The topological polar surface area (TPSA) is 57.6 Å². The lowest BCUT2D eigenvalue weighted by atomic mass is 9.88. The van der Waals surface area contributed by atoms with Crippen molar-refractivity contribution in [3.8, 4) is 0 Å². The van der Waals surface area contributed by atoms with Crippen LogP contribution >= 0.6 is 0 Å². The molecule has 0 radical (unpaired) electrons. The minimum atomic E-state index is -0.938. The van der Waals surface area contributed by atoms with Crippen LogP contribution in [0.5, 0.6) is 0 Å². The van der Waals surface area contributed by atoms with Gasteiger partial charge >= 0.3 is 5.97 Å². The molecule has 0 saturated heterocycles. The molecular formula is C19H19NO3. The van der Waals surface area contributed by atoms with Crippen molar-refractivity contribution < 1.29 is 14.7 Å². The summed E-state index contributed by atoms with van der Waals surface area (Å²) in [6, 6.07) is 17.9. The molecule has 0 aliphatic carbocycles. The summed E-state index contributed by atoms with van der Waals surface area (Å²) in [7, 11) is 0. The molecule has 23 heavy (non-hydrogen) atoms. The van der Waals surface area contributed by atoms with Gasteiger partial charge in [0.25, 0.3) is 0 Å². The third-order valence-corrected chi connectivity index (χ3v) is 4.27. The molecule has 118 valence electrons. The fourth-order valence-corrected chi connectivity index (χ4v) is 3.19. The molecule has 0 fully saturated rings. The molecule has 1 heterocycles. The second-order valence-corrected chi connectivity index (χ2v) is 5.74. The van der Waals surface area contributed by atoms with Crippen molar-refractivity contribution in [1.29, 1.82) is 0 Å². The number of benzene rings is 2. The molecule has 0 bridgehead atoms. The van der Waals surface area contributed by atoms with Gasteiger partial charge in [-0.25, -0.2) is 0 Å². The van der Waals surface area contributed by atoms with E-state index in [2.05, 4.69) is 12.1 Å². The van der Waals surface area contributed by atoms with E-state index in [-0.39, 0.29) is 24.8 Å². The highest BCUT2D eigenvalue weighted by Gasteiger charge is 2.31. The highest BCUT2D eigenvalue weighted by molar-refractivity contribution is 5.81. The van der Waals surface area contributed by atoms with Gasteiger partial charge in [-0.15, -0.1) is 0 Å². The number of carboxylic acids is 1. The fraction of sp³-hybridized carbons (Fsp3) is 0.263. The Morgan fingerprint density at radius 1 is 1.00 bits per heavy atom. The van der Waals surface area contributed by atoms with E-state index in [4.69, 9.17) is 5.11 Å². The van der Waals surface area contributed by atoms with E-state index in [1.54, 1.807) is 0 Å². The van der Waals surface area contributed by atoms with E-state index >= 15 is 0 Å². The maximum atomic E-state index is 12.6. The summed E-state index contributed by atoms with van der Waals surface area (Å²) in [5.41, 5.74) is 3.44. The summed E-state index contributed by atoms with van der Waals surface area (Å²) >= 11 is 0. The number of nitrogens with zero attached hydrogens (tertiary/aromatic N) is 1. The van der Waals surface area contributed by atoms with Gasteiger partial charge in [-0.05, 0) is 23.1 Å². The largest absolute Gasteiger partial charge is 0.481 e. The van der Waals surface area contributed by atoms with Crippen LogP contribution in [0.15, 0.2) is 54.6 Å². The SMILES string of the molecule is O=C(O)CCC(=O)N1CCc2ccccc2C1c1ccccc1. The third kappa shape index (κ3) is 3.26. The second kappa shape index (κ2) is 6.65. The second-order valence-electron chi connectivity index (χ2n) is 5.74. The van der Waals surface area contributed by atoms with Gasteiger partial charge in [-0.3, -0.25) is 9.59 Å². The summed E-state index contributed by atoms with van der Waals surface area (Å²) in [6.07, 6.45) is 0.720. The molecule has 0 aromatic heterocycles. The van der Waals surface area contributed by atoms with E-state index in [1.165, 1.54) is 5.56 Å². The van der Waals surface area contributed by atoms with Gasteiger partial charge in [0.05, 0.1) is 12.5 Å². The Labute approximate surface area is 135 Å². The number of aliphatic carboxylic acids is 1. The zero-order valence-corrected chi connectivity index (χ0v) is 12.8. The molecule has 4 heteroatoms. The molecule has 2 aromatic rings. The van der Waals surface area contributed by atoms with Crippen molar-refractivity contribution in [2.75, 3.05) is 6.54 Å². The zero-order chi connectivity index (χ0) is 16.2. The average molecular weight is 309 g/mol. The van der Waals surface area contributed by atoms with Crippen molar-refractivity contribution in [2.45, 2.75) is 25.3 Å². The quantitative estimate of drug-likeness (QED) is 0.944. The minimum Gasteiger partial charge on any atom is -0.481 e. The number of carbonyl (C=O) groups excluding carboxylic acids is 1. The predicted molar refractivity (Wildman–Crippen MR) is 87.0 cm³/mol. The standard InChI is InChI=1S/C19H19NO3/c21-17(10-11-18(22)23)20-13-12-14-6-4-5-9-16(14)19(20)15-7-2-1-3-8-15/h1-9,19H,10-13H2,(H,22,23). The number of hydrogen-bond acceptors (Lipinski definition) is 2. The molecule has 0 saturated carbocycles. The van der Waals surface area contributed by atoms with Crippen molar-refractivity contribution in [1.82, 2.24) is 4.90 Å². The normalized spacial score (nSPS) is 16.7. The van der Waals surface area contributed by atoms with Gasteiger partial charge in [0.15, 0.2) is 0 Å². The third-order valence-electron chi connectivity index (χ3n) is 4.27. The first-order valence-corrected chi connectivity index (χ1v) is 7.81. The van der Waals surface area contributed by atoms with E-state index in [0.717, 1.165) is 17.5 Å². The predicted octanol–water partition coefficient (Wildman–Crippen LogP) is 3.03. The van der Waals surface area contributed by atoms with Crippen molar-refractivity contribution in [2.24, 2.45) is 0 Å².